The van der Waals surface area contributed by atoms with Gasteiger partial charge in [-0.2, -0.15) is 0 Å². The molecule has 0 spiro atoms. The Hall–Kier alpha value is -1.15. The van der Waals surface area contributed by atoms with Gasteiger partial charge in [-0.3, -0.25) is 4.79 Å². The van der Waals surface area contributed by atoms with Crippen molar-refractivity contribution in [1.82, 2.24) is 0 Å². The second-order valence-corrected chi connectivity index (χ2v) is 4.54. The Balaban J connectivity index is 3.14. The van der Waals surface area contributed by atoms with Gasteiger partial charge in [-0.15, -0.1) is 0 Å². The lowest BCUT2D eigenvalue weighted by Gasteiger charge is -2.13. The van der Waals surface area contributed by atoms with Crippen molar-refractivity contribution in [3.05, 3.63) is 34.4 Å². The lowest BCUT2D eigenvalue weighted by molar-refractivity contribution is 0.101. The highest BCUT2D eigenvalue weighted by Gasteiger charge is 2.11. The third-order valence-corrected chi connectivity index (χ3v) is 2.94. The molecule has 0 amide bonds. The zero-order chi connectivity index (χ0) is 12.8. The number of Topliss-reactive ketones (excluding diaryl/α,β-unsaturated/α-hetero) is 1. The Morgan fingerprint density at radius 2 is 2.06 bits per heavy atom. The molecule has 1 rings (SSSR count). The molecular formula is C15H22O2. The smallest absolute Gasteiger partial charge is 0.160 e. The first-order valence-electron chi connectivity index (χ1n) is 6.22. The summed E-state index contributed by atoms with van der Waals surface area (Å²) in [6, 6.07) is 4.17. The number of ketones is 1. The highest BCUT2D eigenvalue weighted by atomic mass is 16.5. The van der Waals surface area contributed by atoms with Gasteiger partial charge in [0.2, 0.25) is 0 Å². The van der Waals surface area contributed by atoms with Crippen LogP contribution in [0.15, 0.2) is 12.1 Å². The Morgan fingerprint density at radius 1 is 1.35 bits per heavy atom. The summed E-state index contributed by atoms with van der Waals surface area (Å²) in [4.78, 5) is 11.7. The van der Waals surface area contributed by atoms with Gasteiger partial charge in [0.25, 0.3) is 0 Å². The predicted octanol–water partition coefficient (Wildman–Crippen LogP) is 3.69. The van der Waals surface area contributed by atoms with Crippen LogP contribution in [-0.2, 0) is 17.8 Å². The molecule has 0 aromatic heterocycles. The van der Waals surface area contributed by atoms with E-state index < -0.39 is 0 Å². The van der Waals surface area contributed by atoms with Crippen molar-refractivity contribution in [2.45, 2.75) is 46.6 Å². The Labute approximate surface area is 104 Å². The third-order valence-electron chi connectivity index (χ3n) is 2.94. The van der Waals surface area contributed by atoms with Crippen molar-refractivity contribution in [2.75, 3.05) is 7.11 Å². The molecule has 0 unspecified atom stereocenters. The predicted molar refractivity (Wildman–Crippen MR) is 70.5 cm³/mol. The van der Waals surface area contributed by atoms with E-state index in [-0.39, 0.29) is 5.78 Å². The normalized spacial score (nSPS) is 10.6. The first-order chi connectivity index (χ1) is 8.10. The van der Waals surface area contributed by atoms with Gasteiger partial charge < -0.3 is 4.74 Å². The quantitative estimate of drug-likeness (QED) is 0.702. The van der Waals surface area contributed by atoms with E-state index in [4.69, 9.17) is 4.74 Å². The fourth-order valence-electron chi connectivity index (χ4n) is 2.26. The maximum atomic E-state index is 11.7. The van der Waals surface area contributed by atoms with Gasteiger partial charge in [0.15, 0.2) is 5.78 Å². The van der Waals surface area contributed by atoms with E-state index in [0.29, 0.717) is 6.61 Å². The van der Waals surface area contributed by atoms with Crippen molar-refractivity contribution >= 4 is 5.78 Å². The maximum Gasteiger partial charge on any atom is 0.160 e. The highest BCUT2D eigenvalue weighted by Crippen LogP contribution is 2.20. The molecule has 0 fully saturated rings. The molecule has 0 aliphatic rings. The summed E-state index contributed by atoms with van der Waals surface area (Å²) in [5, 5.41) is 0. The van der Waals surface area contributed by atoms with Gasteiger partial charge in [0.05, 0.1) is 6.61 Å². The number of carbonyl (C=O) groups excluding carboxylic acids is 1. The Kier molecular flexibility index (Phi) is 5.36. The van der Waals surface area contributed by atoms with Crippen LogP contribution in [0.1, 0.15) is 53.7 Å². The molecule has 94 valence electrons. The van der Waals surface area contributed by atoms with Crippen molar-refractivity contribution in [3.8, 4) is 0 Å². The molecule has 17 heavy (non-hydrogen) atoms. The van der Waals surface area contributed by atoms with Crippen LogP contribution >= 0.6 is 0 Å². The van der Waals surface area contributed by atoms with E-state index in [1.165, 1.54) is 5.56 Å². The molecule has 0 bridgehead atoms. The van der Waals surface area contributed by atoms with Gasteiger partial charge in [0, 0.05) is 12.7 Å². The second kappa shape index (κ2) is 6.55. The van der Waals surface area contributed by atoms with Crippen molar-refractivity contribution in [3.63, 3.8) is 0 Å². The van der Waals surface area contributed by atoms with Gasteiger partial charge in [-0.1, -0.05) is 25.5 Å². The van der Waals surface area contributed by atoms with E-state index in [1.54, 1.807) is 14.0 Å². The fourth-order valence-corrected chi connectivity index (χ4v) is 2.26. The van der Waals surface area contributed by atoms with Gasteiger partial charge in [0.1, 0.15) is 0 Å². The average molecular weight is 234 g/mol. The summed E-state index contributed by atoms with van der Waals surface area (Å²) in [7, 11) is 1.69. The minimum absolute atomic E-state index is 0.164. The van der Waals surface area contributed by atoms with Gasteiger partial charge in [-0.05, 0) is 43.4 Å². The molecule has 2 nitrogen and oxygen atoms in total. The molecule has 0 saturated heterocycles. The SMILES string of the molecule is CCCCc1cc(COC)cc(C)c1C(C)=O. The molecule has 1 aromatic carbocycles. The minimum Gasteiger partial charge on any atom is -0.380 e. The van der Waals surface area contributed by atoms with Crippen LogP contribution in [0, 0.1) is 6.92 Å². The van der Waals surface area contributed by atoms with Gasteiger partial charge in [-0.25, -0.2) is 0 Å². The van der Waals surface area contributed by atoms with E-state index >= 15 is 0 Å². The molecule has 0 saturated carbocycles. The number of rotatable bonds is 6. The molecule has 0 atom stereocenters. The van der Waals surface area contributed by atoms with E-state index in [1.807, 2.05) is 6.92 Å². The number of carbonyl (C=O) groups is 1. The summed E-state index contributed by atoms with van der Waals surface area (Å²) >= 11 is 0. The van der Waals surface area contributed by atoms with E-state index in [2.05, 4.69) is 19.1 Å². The van der Waals surface area contributed by atoms with Crippen molar-refractivity contribution in [1.29, 1.82) is 0 Å². The monoisotopic (exact) mass is 234 g/mol. The van der Waals surface area contributed by atoms with Crippen LogP contribution < -0.4 is 0 Å². The number of hydrogen-bond acceptors (Lipinski definition) is 2. The summed E-state index contributed by atoms with van der Waals surface area (Å²) in [6.45, 7) is 6.43. The summed E-state index contributed by atoms with van der Waals surface area (Å²) < 4.78 is 5.16. The average Bonchev–Trinajstić information content (AvgIpc) is 2.25. The van der Waals surface area contributed by atoms with E-state index in [0.717, 1.165) is 36.0 Å². The molecule has 1 aromatic rings. The number of hydrogen-bond donors (Lipinski definition) is 0. The fraction of sp³-hybridized carbons (Fsp3) is 0.533. The minimum atomic E-state index is 0.164. The molecule has 0 aliphatic carbocycles. The van der Waals surface area contributed by atoms with Crippen LogP contribution in [0.2, 0.25) is 0 Å². The number of unbranched alkanes of at least 4 members (excludes halogenated alkanes) is 1. The topological polar surface area (TPSA) is 26.3 Å². The van der Waals surface area contributed by atoms with Crippen LogP contribution in [0.4, 0.5) is 0 Å². The van der Waals surface area contributed by atoms with Crippen LogP contribution in [0.3, 0.4) is 0 Å². The van der Waals surface area contributed by atoms with Crippen molar-refractivity contribution in [2.24, 2.45) is 0 Å². The standard InChI is InChI=1S/C15H22O2/c1-5-6-7-14-9-13(10-17-4)8-11(2)15(14)12(3)16/h8-9H,5-7,10H2,1-4H3. The first-order valence-corrected chi connectivity index (χ1v) is 6.22. The van der Waals surface area contributed by atoms with Crippen LogP contribution in [-0.4, -0.2) is 12.9 Å². The molecule has 0 N–H and O–H groups in total. The van der Waals surface area contributed by atoms with Crippen molar-refractivity contribution < 1.29 is 9.53 Å². The highest BCUT2D eigenvalue weighted by molar-refractivity contribution is 5.97. The van der Waals surface area contributed by atoms with Crippen LogP contribution in [0.5, 0.6) is 0 Å². The molecular weight excluding hydrogens is 212 g/mol. The first kappa shape index (κ1) is 13.9. The molecule has 0 radical (unpaired) electrons. The molecule has 2 heteroatoms. The Bertz CT molecular complexity index is 394. The molecule has 0 heterocycles. The lowest BCUT2D eigenvalue weighted by Crippen LogP contribution is -2.05. The maximum absolute atomic E-state index is 11.7. The van der Waals surface area contributed by atoms with E-state index in [9.17, 15) is 4.79 Å². The Morgan fingerprint density at radius 3 is 2.59 bits per heavy atom. The number of benzene rings is 1. The van der Waals surface area contributed by atoms with Gasteiger partial charge >= 0.3 is 0 Å². The summed E-state index contributed by atoms with van der Waals surface area (Å²) in [5.41, 5.74) is 4.30. The zero-order valence-corrected chi connectivity index (χ0v) is 11.3. The number of aryl methyl sites for hydroxylation is 2. The molecule has 0 aliphatic heterocycles. The number of methoxy groups -OCH3 is 1. The third kappa shape index (κ3) is 3.67. The second-order valence-electron chi connectivity index (χ2n) is 4.54. The zero-order valence-electron chi connectivity index (χ0n) is 11.3. The lowest BCUT2D eigenvalue weighted by atomic mass is 9.93. The largest absolute Gasteiger partial charge is 0.380 e. The summed E-state index contributed by atoms with van der Waals surface area (Å²) in [6.07, 6.45) is 3.24. The number of ether oxygens (including phenoxy) is 1. The summed E-state index contributed by atoms with van der Waals surface area (Å²) in [5.74, 6) is 0.164. The van der Waals surface area contributed by atoms with Crippen LogP contribution in [0.25, 0.3) is 0 Å².